The normalized spacial score (nSPS) is 24.4. The molecule has 0 radical (unpaired) electrons. The molecule has 0 amide bonds. The molecule has 0 aromatic heterocycles. The SMILES string of the molecule is CCCCc1ccc(S(OC(=O)C23CC4CC(CC(C4)C2)C3)(c2ccc(CCCC)cc2)c2ccc(CCCC)cc2)cc1. The third-order valence-corrected chi connectivity index (χ3v) is 14.1. The molecule has 0 saturated heterocycles. The van der Waals surface area contributed by atoms with E-state index < -0.39 is 10.3 Å². The molecular formula is C41H54O2S. The van der Waals surface area contributed by atoms with Gasteiger partial charge in [-0.25, -0.2) is 0 Å². The summed E-state index contributed by atoms with van der Waals surface area (Å²) in [5, 5.41) is 0. The van der Waals surface area contributed by atoms with Crippen LogP contribution in [-0.4, -0.2) is 5.97 Å². The molecule has 0 N–H and O–H groups in total. The summed E-state index contributed by atoms with van der Waals surface area (Å²) in [5.74, 6) is 2.18. The summed E-state index contributed by atoms with van der Waals surface area (Å²) in [6.07, 6.45) is 17.4. The third-order valence-electron chi connectivity index (χ3n) is 10.9. The molecule has 44 heavy (non-hydrogen) atoms. The molecule has 4 bridgehead atoms. The minimum absolute atomic E-state index is 0.0757. The Morgan fingerprint density at radius 1 is 0.591 bits per heavy atom. The fraction of sp³-hybridized carbons (Fsp3) is 0.537. The lowest BCUT2D eigenvalue weighted by atomic mass is 9.49. The molecule has 236 valence electrons. The molecule has 7 rings (SSSR count). The molecule has 4 saturated carbocycles. The minimum atomic E-state index is -2.29. The van der Waals surface area contributed by atoms with Crippen LogP contribution < -0.4 is 0 Å². The van der Waals surface area contributed by atoms with E-state index in [9.17, 15) is 4.79 Å². The van der Waals surface area contributed by atoms with Gasteiger partial charge in [0, 0.05) is 14.7 Å². The Morgan fingerprint density at radius 2 is 0.909 bits per heavy atom. The molecular weight excluding hydrogens is 557 g/mol. The number of rotatable bonds is 14. The molecule has 3 aromatic rings. The van der Waals surface area contributed by atoms with E-state index in [0.717, 1.165) is 53.2 Å². The molecule has 4 fully saturated rings. The van der Waals surface area contributed by atoms with Crippen LogP contribution in [0.15, 0.2) is 87.5 Å². The van der Waals surface area contributed by atoms with Crippen molar-refractivity contribution in [1.82, 2.24) is 0 Å². The maximum Gasteiger partial charge on any atom is 0.323 e. The second-order valence-corrected chi connectivity index (χ2v) is 17.1. The number of carbonyl (C=O) groups is 1. The number of benzene rings is 3. The zero-order chi connectivity index (χ0) is 30.6. The van der Waals surface area contributed by atoms with Gasteiger partial charge in [-0.3, -0.25) is 4.79 Å². The topological polar surface area (TPSA) is 26.3 Å². The average Bonchev–Trinajstić information content (AvgIpc) is 3.04. The number of unbranched alkanes of at least 4 members (excludes halogenated alkanes) is 3. The van der Waals surface area contributed by atoms with Gasteiger partial charge in [0.05, 0.1) is 5.41 Å². The van der Waals surface area contributed by atoms with Crippen molar-refractivity contribution < 1.29 is 8.98 Å². The summed E-state index contributed by atoms with van der Waals surface area (Å²) in [5.41, 5.74) is 3.78. The largest absolute Gasteiger partial charge is 0.402 e. The summed E-state index contributed by atoms with van der Waals surface area (Å²) >= 11 is 0. The summed E-state index contributed by atoms with van der Waals surface area (Å²) in [7, 11) is -2.29. The second kappa shape index (κ2) is 13.9. The lowest BCUT2D eigenvalue weighted by molar-refractivity contribution is -0.160. The van der Waals surface area contributed by atoms with Crippen LogP contribution in [0.1, 0.15) is 115 Å². The smallest absolute Gasteiger partial charge is 0.323 e. The molecule has 3 aromatic carbocycles. The van der Waals surface area contributed by atoms with E-state index in [1.54, 1.807) is 0 Å². The van der Waals surface area contributed by atoms with Crippen molar-refractivity contribution in [3.8, 4) is 0 Å². The van der Waals surface area contributed by atoms with E-state index in [-0.39, 0.29) is 11.4 Å². The van der Waals surface area contributed by atoms with Gasteiger partial charge in [-0.1, -0.05) is 76.4 Å². The quantitative estimate of drug-likeness (QED) is 0.181. The second-order valence-electron chi connectivity index (χ2n) is 14.4. The fourth-order valence-electron chi connectivity index (χ4n) is 8.80. The highest BCUT2D eigenvalue weighted by Gasteiger charge is 2.57. The van der Waals surface area contributed by atoms with Gasteiger partial charge in [-0.15, -0.1) is 0 Å². The Morgan fingerprint density at radius 3 is 1.20 bits per heavy atom. The van der Waals surface area contributed by atoms with Crippen molar-refractivity contribution in [3.05, 3.63) is 89.5 Å². The van der Waals surface area contributed by atoms with Crippen LogP contribution in [-0.2, 0) is 28.2 Å². The highest BCUT2D eigenvalue weighted by Crippen LogP contribution is 2.71. The zero-order valence-electron chi connectivity index (χ0n) is 27.5. The Bertz CT molecular complexity index is 1210. The van der Waals surface area contributed by atoms with Gasteiger partial charge in [0.25, 0.3) is 0 Å². The Labute approximate surface area is 268 Å². The monoisotopic (exact) mass is 610 g/mol. The van der Waals surface area contributed by atoms with Crippen molar-refractivity contribution in [1.29, 1.82) is 0 Å². The number of hydrogen-bond donors (Lipinski definition) is 0. The zero-order valence-corrected chi connectivity index (χ0v) is 28.3. The maximum absolute atomic E-state index is 14.9. The molecule has 0 heterocycles. The summed E-state index contributed by atoms with van der Waals surface area (Å²) in [4.78, 5) is 18.3. The van der Waals surface area contributed by atoms with Crippen molar-refractivity contribution in [3.63, 3.8) is 0 Å². The van der Waals surface area contributed by atoms with Crippen molar-refractivity contribution >= 4 is 16.3 Å². The highest BCUT2D eigenvalue weighted by molar-refractivity contribution is 8.30. The first kappa shape index (κ1) is 31.5. The average molecular weight is 611 g/mol. The molecule has 2 nitrogen and oxygen atoms in total. The van der Waals surface area contributed by atoms with Crippen LogP contribution in [0.25, 0.3) is 0 Å². The van der Waals surface area contributed by atoms with Gasteiger partial charge >= 0.3 is 5.97 Å². The van der Waals surface area contributed by atoms with E-state index in [1.807, 2.05) is 0 Å². The molecule has 4 aliphatic rings. The van der Waals surface area contributed by atoms with E-state index in [4.69, 9.17) is 4.18 Å². The summed E-state index contributed by atoms with van der Waals surface area (Å²) in [6, 6.07) is 27.4. The van der Waals surface area contributed by atoms with Crippen molar-refractivity contribution in [2.24, 2.45) is 23.2 Å². The lowest BCUT2D eigenvalue weighted by Gasteiger charge is -2.56. The first-order valence-electron chi connectivity index (χ1n) is 17.8. The van der Waals surface area contributed by atoms with Gasteiger partial charge in [0.2, 0.25) is 0 Å². The molecule has 3 heteroatoms. The van der Waals surface area contributed by atoms with E-state index >= 15 is 0 Å². The minimum Gasteiger partial charge on any atom is -0.402 e. The van der Waals surface area contributed by atoms with Crippen molar-refractivity contribution in [2.75, 3.05) is 0 Å². The van der Waals surface area contributed by atoms with E-state index in [0.29, 0.717) is 17.8 Å². The Balaban J connectivity index is 1.46. The standard InChI is InChI=1S/C41H54O2S/c1-4-7-10-31-13-19-37(20-14-31)44(38-21-15-32(16-22-38)11-8-5-2,39-23-17-33(18-24-39)12-9-6-3)43-40(42)41-28-34-25-35(29-41)27-36(26-34)30-41/h13-24,34-36H,4-12,25-30H2,1-3H3. The Kier molecular flexibility index (Phi) is 9.91. The van der Waals surface area contributed by atoms with Crippen molar-refractivity contribution in [2.45, 2.75) is 132 Å². The third kappa shape index (κ3) is 6.41. The summed E-state index contributed by atoms with van der Waals surface area (Å²) in [6.45, 7) is 6.76. The maximum atomic E-state index is 14.9. The lowest BCUT2D eigenvalue weighted by Crippen LogP contribution is -2.50. The van der Waals surface area contributed by atoms with Crippen LogP contribution in [0.4, 0.5) is 0 Å². The molecule has 0 spiro atoms. The van der Waals surface area contributed by atoms with Crippen LogP contribution in [0, 0.1) is 23.2 Å². The van der Waals surface area contributed by atoms with Crippen LogP contribution >= 0.6 is 10.3 Å². The summed E-state index contributed by atoms with van der Waals surface area (Å²) < 4.78 is 7.29. The first-order chi connectivity index (χ1) is 21.5. The predicted octanol–water partition coefficient (Wildman–Crippen LogP) is 11.7. The van der Waals surface area contributed by atoms with Gasteiger partial charge < -0.3 is 4.18 Å². The molecule has 4 aliphatic carbocycles. The fourth-order valence-corrected chi connectivity index (χ4v) is 11.9. The van der Waals surface area contributed by atoms with Crippen LogP contribution in [0.3, 0.4) is 0 Å². The van der Waals surface area contributed by atoms with Gasteiger partial charge in [0.1, 0.15) is 0 Å². The van der Waals surface area contributed by atoms with Crippen LogP contribution in [0.5, 0.6) is 0 Å². The molecule has 0 atom stereocenters. The number of hydrogen-bond acceptors (Lipinski definition) is 2. The van der Waals surface area contributed by atoms with Gasteiger partial charge in [0.15, 0.2) is 0 Å². The highest BCUT2D eigenvalue weighted by atomic mass is 32.3. The molecule has 0 unspecified atom stereocenters. The number of aryl methyl sites for hydroxylation is 3. The van der Waals surface area contributed by atoms with Crippen LogP contribution in [0.2, 0.25) is 0 Å². The van der Waals surface area contributed by atoms with E-state index in [2.05, 4.69) is 93.6 Å². The predicted molar refractivity (Wildman–Crippen MR) is 184 cm³/mol. The number of carbonyl (C=O) groups excluding carboxylic acids is 1. The molecule has 0 aliphatic heterocycles. The first-order valence-corrected chi connectivity index (χ1v) is 19.4. The van der Waals surface area contributed by atoms with Gasteiger partial charge in [-0.05, 0) is 158 Å². The van der Waals surface area contributed by atoms with Gasteiger partial charge in [-0.2, -0.15) is 0 Å². The van der Waals surface area contributed by atoms with E-state index in [1.165, 1.54) is 74.5 Å². The Hall–Kier alpha value is -2.52.